The van der Waals surface area contributed by atoms with Gasteiger partial charge in [-0.25, -0.2) is 9.59 Å². The van der Waals surface area contributed by atoms with Gasteiger partial charge in [-0.3, -0.25) is 0 Å². The maximum atomic E-state index is 12.0. The minimum Gasteiger partial charge on any atom is -0.480 e. The van der Waals surface area contributed by atoms with Gasteiger partial charge >= 0.3 is 12.0 Å². The van der Waals surface area contributed by atoms with Crippen molar-refractivity contribution in [2.24, 2.45) is 0 Å². The molecule has 1 saturated heterocycles. The standard InChI is InChI=1S/C12H13ClN2O4/c13-7-2-1-3-8(4-7)14-12(19)15-6-9(16)5-10(15)11(17)18/h1-4,9-10,16H,5-6H2,(H,14,19)(H,17,18)/t9?,10-/m0/s1. The number of carboxylic acid groups (broad SMARTS) is 1. The molecule has 0 bridgehead atoms. The number of rotatable bonds is 2. The van der Waals surface area contributed by atoms with Crippen LogP contribution < -0.4 is 5.32 Å². The number of hydrogen-bond donors (Lipinski definition) is 3. The van der Waals surface area contributed by atoms with Gasteiger partial charge in [-0.15, -0.1) is 0 Å². The van der Waals surface area contributed by atoms with E-state index in [0.717, 1.165) is 4.90 Å². The van der Waals surface area contributed by atoms with Crippen LogP contribution in [-0.2, 0) is 4.79 Å². The summed E-state index contributed by atoms with van der Waals surface area (Å²) in [5.74, 6) is -1.13. The normalized spacial score (nSPS) is 22.3. The molecule has 2 amide bonds. The number of β-amino-alcohol motifs (C(OH)–C–C–N with tert-alkyl or cyclic N) is 1. The Kier molecular flexibility index (Phi) is 3.92. The highest BCUT2D eigenvalue weighted by molar-refractivity contribution is 6.30. The molecular formula is C12H13ClN2O4. The monoisotopic (exact) mass is 284 g/mol. The van der Waals surface area contributed by atoms with Crippen molar-refractivity contribution in [1.29, 1.82) is 0 Å². The van der Waals surface area contributed by atoms with Gasteiger partial charge in [-0.2, -0.15) is 0 Å². The molecule has 1 aromatic rings. The molecule has 2 atom stereocenters. The molecule has 3 N–H and O–H groups in total. The van der Waals surface area contributed by atoms with Crippen LogP contribution in [0.25, 0.3) is 0 Å². The Bertz CT molecular complexity index is 508. The topological polar surface area (TPSA) is 89.9 Å². The summed E-state index contributed by atoms with van der Waals surface area (Å²) in [6.07, 6.45) is -0.774. The fourth-order valence-electron chi connectivity index (χ4n) is 2.03. The number of carbonyl (C=O) groups excluding carboxylic acids is 1. The molecule has 2 rings (SSSR count). The van der Waals surface area contributed by atoms with Crippen LogP contribution in [0.15, 0.2) is 24.3 Å². The molecule has 6 nitrogen and oxygen atoms in total. The van der Waals surface area contributed by atoms with E-state index in [4.69, 9.17) is 16.7 Å². The first kappa shape index (κ1) is 13.6. The summed E-state index contributed by atoms with van der Waals surface area (Å²) in [5, 5.41) is 21.5. The molecule has 19 heavy (non-hydrogen) atoms. The van der Waals surface area contributed by atoms with E-state index in [-0.39, 0.29) is 13.0 Å². The van der Waals surface area contributed by atoms with E-state index >= 15 is 0 Å². The first-order valence-corrected chi connectivity index (χ1v) is 6.09. The minimum atomic E-state index is -1.13. The average Bonchev–Trinajstić information content (AvgIpc) is 2.71. The van der Waals surface area contributed by atoms with Gasteiger partial charge in [0.15, 0.2) is 0 Å². The van der Waals surface area contributed by atoms with Crippen molar-refractivity contribution in [2.75, 3.05) is 11.9 Å². The number of benzene rings is 1. The smallest absolute Gasteiger partial charge is 0.326 e. The third-order valence-electron chi connectivity index (χ3n) is 2.90. The SMILES string of the molecule is O=C(O)[C@@H]1CC(O)CN1C(=O)Nc1cccc(Cl)c1. The zero-order valence-electron chi connectivity index (χ0n) is 9.91. The lowest BCUT2D eigenvalue weighted by Gasteiger charge is -2.21. The molecule has 1 aliphatic heterocycles. The number of nitrogens with one attached hydrogen (secondary N) is 1. The van der Waals surface area contributed by atoms with Gasteiger partial charge in [0, 0.05) is 23.7 Å². The predicted molar refractivity (Wildman–Crippen MR) is 69.2 cm³/mol. The Morgan fingerprint density at radius 2 is 2.16 bits per heavy atom. The van der Waals surface area contributed by atoms with Crippen LogP contribution in [0, 0.1) is 0 Å². The van der Waals surface area contributed by atoms with Gasteiger partial charge in [-0.1, -0.05) is 17.7 Å². The van der Waals surface area contributed by atoms with Gasteiger partial charge in [0.1, 0.15) is 6.04 Å². The molecule has 1 aliphatic rings. The number of aliphatic carboxylic acids is 1. The maximum Gasteiger partial charge on any atom is 0.326 e. The molecule has 0 radical (unpaired) electrons. The number of carbonyl (C=O) groups is 2. The third-order valence-corrected chi connectivity index (χ3v) is 3.14. The lowest BCUT2D eigenvalue weighted by atomic mass is 10.2. The Balaban J connectivity index is 2.09. The molecule has 0 spiro atoms. The summed E-state index contributed by atoms with van der Waals surface area (Å²) in [6.45, 7) is 0.00334. The zero-order chi connectivity index (χ0) is 14.0. The molecule has 1 heterocycles. The van der Waals surface area contributed by atoms with Crippen molar-refractivity contribution < 1.29 is 19.8 Å². The highest BCUT2D eigenvalue weighted by Crippen LogP contribution is 2.21. The van der Waals surface area contributed by atoms with Crippen LogP contribution >= 0.6 is 11.6 Å². The lowest BCUT2D eigenvalue weighted by Crippen LogP contribution is -2.43. The highest BCUT2D eigenvalue weighted by Gasteiger charge is 2.38. The molecule has 102 valence electrons. The van der Waals surface area contributed by atoms with Crippen molar-refractivity contribution in [3.05, 3.63) is 29.3 Å². The van der Waals surface area contributed by atoms with E-state index < -0.39 is 24.1 Å². The van der Waals surface area contributed by atoms with Crippen molar-refractivity contribution in [1.82, 2.24) is 4.90 Å². The van der Waals surface area contributed by atoms with Gasteiger partial charge in [-0.05, 0) is 18.2 Å². The lowest BCUT2D eigenvalue weighted by molar-refractivity contribution is -0.141. The summed E-state index contributed by atoms with van der Waals surface area (Å²) in [5.41, 5.74) is 0.475. The maximum absolute atomic E-state index is 12.0. The largest absolute Gasteiger partial charge is 0.480 e. The molecular weight excluding hydrogens is 272 g/mol. The van der Waals surface area contributed by atoms with E-state index in [1.54, 1.807) is 24.3 Å². The van der Waals surface area contributed by atoms with Crippen LogP contribution in [0.2, 0.25) is 5.02 Å². The number of likely N-dealkylation sites (tertiary alicyclic amines) is 1. The summed E-state index contributed by atoms with van der Waals surface area (Å²) < 4.78 is 0. The second-order valence-corrected chi connectivity index (χ2v) is 4.77. The van der Waals surface area contributed by atoms with E-state index in [1.165, 1.54) is 0 Å². The minimum absolute atomic E-state index is 0.00334. The number of anilines is 1. The number of aliphatic hydroxyl groups is 1. The van der Waals surface area contributed by atoms with Gasteiger partial charge in [0.05, 0.1) is 6.10 Å². The van der Waals surface area contributed by atoms with E-state index in [1.807, 2.05) is 0 Å². The third kappa shape index (κ3) is 3.15. The summed E-state index contributed by atoms with van der Waals surface area (Å²) in [4.78, 5) is 24.1. The van der Waals surface area contributed by atoms with Crippen LogP contribution in [0.5, 0.6) is 0 Å². The number of halogens is 1. The average molecular weight is 285 g/mol. The fraction of sp³-hybridized carbons (Fsp3) is 0.333. The zero-order valence-corrected chi connectivity index (χ0v) is 10.7. The molecule has 7 heteroatoms. The Hall–Kier alpha value is -1.79. The predicted octanol–water partition coefficient (Wildman–Crippen LogP) is 1.39. The van der Waals surface area contributed by atoms with Crippen molar-refractivity contribution in [3.8, 4) is 0 Å². The number of nitrogens with zero attached hydrogens (tertiary/aromatic N) is 1. The molecule has 1 aromatic carbocycles. The van der Waals surface area contributed by atoms with Crippen LogP contribution in [0.3, 0.4) is 0 Å². The van der Waals surface area contributed by atoms with Gasteiger partial charge in [0.25, 0.3) is 0 Å². The van der Waals surface area contributed by atoms with Crippen molar-refractivity contribution in [2.45, 2.75) is 18.6 Å². The summed E-state index contributed by atoms with van der Waals surface area (Å²) >= 11 is 5.79. The second kappa shape index (κ2) is 5.46. The molecule has 0 saturated carbocycles. The Labute approximate surface area is 114 Å². The van der Waals surface area contributed by atoms with E-state index in [9.17, 15) is 14.7 Å². The van der Waals surface area contributed by atoms with Crippen molar-refractivity contribution in [3.63, 3.8) is 0 Å². The Morgan fingerprint density at radius 3 is 2.79 bits per heavy atom. The number of amides is 2. The fourth-order valence-corrected chi connectivity index (χ4v) is 2.22. The van der Waals surface area contributed by atoms with E-state index in [2.05, 4.69) is 5.32 Å². The van der Waals surface area contributed by atoms with Gasteiger partial charge in [0.2, 0.25) is 0 Å². The molecule has 0 aliphatic carbocycles. The molecule has 0 aromatic heterocycles. The molecule has 1 fully saturated rings. The van der Waals surface area contributed by atoms with Gasteiger partial charge < -0.3 is 20.4 Å². The Morgan fingerprint density at radius 1 is 1.42 bits per heavy atom. The quantitative estimate of drug-likeness (QED) is 0.765. The first-order chi connectivity index (χ1) is 8.97. The second-order valence-electron chi connectivity index (χ2n) is 4.34. The number of hydrogen-bond acceptors (Lipinski definition) is 3. The summed E-state index contributed by atoms with van der Waals surface area (Å²) in [7, 11) is 0. The first-order valence-electron chi connectivity index (χ1n) is 5.71. The van der Waals surface area contributed by atoms with Crippen molar-refractivity contribution >= 4 is 29.3 Å². The van der Waals surface area contributed by atoms with Crippen LogP contribution in [0.1, 0.15) is 6.42 Å². The number of urea groups is 1. The van der Waals surface area contributed by atoms with Crippen LogP contribution in [0.4, 0.5) is 10.5 Å². The highest BCUT2D eigenvalue weighted by atomic mass is 35.5. The number of aliphatic hydroxyl groups excluding tert-OH is 1. The number of carboxylic acids is 1. The summed E-state index contributed by atoms with van der Waals surface area (Å²) in [6, 6.07) is 4.97. The van der Waals surface area contributed by atoms with Crippen LogP contribution in [-0.4, -0.2) is 45.8 Å². The van der Waals surface area contributed by atoms with E-state index in [0.29, 0.717) is 10.7 Å². The molecule has 1 unspecified atom stereocenters.